The topological polar surface area (TPSA) is 52.5 Å². The van der Waals surface area contributed by atoms with E-state index in [4.69, 9.17) is 5.11 Å². The molecular formula is C13H21NO2. The fraction of sp³-hybridized carbons (Fsp3) is 0.538. The fourth-order valence-corrected chi connectivity index (χ4v) is 1.63. The molecule has 0 aliphatic rings. The summed E-state index contributed by atoms with van der Waals surface area (Å²) in [5.74, 6) is 0.301. The zero-order valence-corrected chi connectivity index (χ0v) is 9.98. The molecule has 90 valence electrons. The van der Waals surface area contributed by atoms with Gasteiger partial charge in [0.05, 0.1) is 6.10 Å². The number of hydrogen-bond donors (Lipinski definition) is 3. The van der Waals surface area contributed by atoms with Crippen molar-refractivity contribution < 1.29 is 10.2 Å². The van der Waals surface area contributed by atoms with E-state index in [1.165, 1.54) is 0 Å². The fourth-order valence-electron chi connectivity index (χ4n) is 1.63. The number of aromatic hydroxyl groups is 1. The van der Waals surface area contributed by atoms with Crippen molar-refractivity contribution in [1.29, 1.82) is 0 Å². The molecule has 0 aliphatic carbocycles. The first-order chi connectivity index (χ1) is 7.59. The van der Waals surface area contributed by atoms with Crippen LogP contribution < -0.4 is 5.32 Å². The highest BCUT2D eigenvalue weighted by Gasteiger charge is 2.05. The number of benzene rings is 1. The van der Waals surface area contributed by atoms with Crippen molar-refractivity contribution in [3.63, 3.8) is 0 Å². The van der Waals surface area contributed by atoms with Crippen molar-refractivity contribution in [3.8, 4) is 5.75 Å². The van der Waals surface area contributed by atoms with Gasteiger partial charge in [-0.3, -0.25) is 0 Å². The molecule has 0 heterocycles. The monoisotopic (exact) mass is 223 g/mol. The van der Waals surface area contributed by atoms with Crippen LogP contribution in [0.4, 0.5) is 0 Å². The molecule has 0 amide bonds. The summed E-state index contributed by atoms with van der Waals surface area (Å²) in [7, 11) is 0. The minimum absolute atomic E-state index is 0.223. The Hall–Kier alpha value is -1.06. The van der Waals surface area contributed by atoms with Gasteiger partial charge in [-0.05, 0) is 50.9 Å². The molecule has 1 rings (SSSR count). The predicted molar refractivity (Wildman–Crippen MR) is 65.4 cm³/mol. The highest BCUT2D eigenvalue weighted by atomic mass is 16.3. The maximum Gasteiger partial charge on any atom is 0.115 e. The van der Waals surface area contributed by atoms with Crippen molar-refractivity contribution in [2.75, 3.05) is 6.54 Å². The largest absolute Gasteiger partial charge is 0.508 e. The van der Waals surface area contributed by atoms with Crippen molar-refractivity contribution in [3.05, 3.63) is 29.8 Å². The molecule has 0 aromatic heterocycles. The lowest BCUT2D eigenvalue weighted by Gasteiger charge is -2.14. The van der Waals surface area contributed by atoms with Gasteiger partial charge in [-0.15, -0.1) is 0 Å². The number of hydrogen-bond acceptors (Lipinski definition) is 3. The Labute approximate surface area is 97.1 Å². The van der Waals surface area contributed by atoms with E-state index in [0.717, 1.165) is 24.9 Å². The van der Waals surface area contributed by atoms with E-state index in [-0.39, 0.29) is 12.1 Å². The van der Waals surface area contributed by atoms with E-state index in [9.17, 15) is 5.11 Å². The van der Waals surface area contributed by atoms with Crippen LogP contribution in [0.1, 0.15) is 38.3 Å². The van der Waals surface area contributed by atoms with Crippen LogP contribution in [0.2, 0.25) is 0 Å². The van der Waals surface area contributed by atoms with Gasteiger partial charge in [-0.1, -0.05) is 12.1 Å². The van der Waals surface area contributed by atoms with E-state index < -0.39 is 0 Å². The molecule has 0 spiro atoms. The first kappa shape index (κ1) is 13.0. The molecule has 1 aromatic rings. The number of phenolic OH excluding ortho intramolecular Hbond substituents is 1. The van der Waals surface area contributed by atoms with Crippen LogP contribution in [0.5, 0.6) is 5.75 Å². The summed E-state index contributed by atoms with van der Waals surface area (Å²) >= 11 is 0. The molecule has 16 heavy (non-hydrogen) atoms. The second kappa shape index (κ2) is 6.51. The second-order valence-electron chi connectivity index (χ2n) is 4.26. The number of phenols is 1. The van der Waals surface area contributed by atoms with E-state index in [1.54, 1.807) is 19.1 Å². The van der Waals surface area contributed by atoms with Crippen LogP contribution in [0.15, 0.2) is 24.3 Å². The third kappa shape index (κ3) is 4.64. The summed E-state index contributed by atoms with van der Waals surface area (Å²) < 4.78 is 0. The van der Waals surface area contributed by atoms with Crippen LogP contribution in [-0.4, -0.2) is 22.9 Å². The maximum atomic E-state index is 9.35. The van der Waals surface area contributed by atoms with Crippen molar-refractivity contribution in [2.45, 2.75) is 38.8 Å². The van der Waals surface area contributed by atoms with Gasteiger partial charge in [0.15, 0.2) is 0 Å². The third-order valence-electron chi connectivity index (χ3n) is 2.62. The average molecular weight is 223 g/mol. The van der Waals surface area contributed by atoms with Gasteiger partial charge in [0.2, 0.25) is 0 Å². The molecule has 0 fully saturated rings. The van der Waals surface area contributed by atoms with Crippen LogP contribution in [-0.2, 0) is 0 Å². The Morgan fingerprint density at radius 1 is 1.31 bits per heavy atom. The summed E-state index contributed by atoms with van der Waals surface area (Å²) in [4.78, 5) is 0. The summed E-state index contributed by atoms with van der Waals surface area (Å²) in [6, 6.07) is 7.50. The lowest BCUT2D eigenvalue weighted by molar-refractivity contribution is 0.181. The second-order valence-corrected chi connectivity index (χ2v) is 4.26. The quantitative estimate of drug-likeness (QED) is 0.648. The molecule has 0 bridgehead atoms. The van der Waals surface area contributed by atoms with Crippen LogP contribution >= 0.6 is 0 Å². The summed E-state index contributed by atoms with van der Waals surface area (Å²) in [6.45, 7) is 4.75. The highest BCUT2D eigenvalue weighted by Crippen LogP contribution is 2.17. The SMILES string of the molecule is CC(O)CCCNC(C)c1cccc(O)c1. The van der Waals surface area contributed by atoms with Crippen LogP contribution in [0.3, 0.4) is 0 Å². The number of nitrogens with one attached hydrogen (secondary N) is 1. The highest BCUT2D eigenvalue weighted by molar-refractivity contribution is 5.28. The molecule has 3 N–H and O–H groups in total. The van der Waals surface area contributed by atoms with Gasteiger partial charge in [0, 0.05) is 6.04 Å². The standard InChI is InChI=1S/C13H21NO2/c1-10(15)5-4-8-14-11(2)12-6-3-7-13(16)9-12/h3,6-7,9-11,14-16H,4-5,8H2,1-2H3. The Balaban J connectivity index is 2.32. The van der Waals surface area contributed by atoms with Gasteiger partial charge in [-0.2, -0.15) is 0 Å². The average Bonchev–Trinajstić information content (AvgIpc) is 2.24. The number of aliphatic hydroxyl groups excluding tert-OH is 1. The van der Waals surface area contributed by atoms with Gasteiger partial charge in [-0.25, -0.2) is 0 Å². The van der Waals surface area contributed by atoms with E-state index in [1.807, 2.05) is 12.1 Å². The molecule has 2 atom stereocenters. The van der Waals surface area contributed by atoms with Crippen LogP contribution in [0.25, 0.3) is 0 Å². The summed E-state index contributed by atoms with van der Waals surface area (Å²) in [5, 5.41) is 21.8. The van der Waals surface area contributed by atoms with Crippen LogP contribution in [0, 0.1) is 0 Å². The van der Waals surface area contributed by atoms with E-state index >= 15 is 0 Å². The summed E-state index contributed by atoms with van der Waals surface area (Å²) in [6.07, 6.45) is 1.55. The maximum absolute atomic E-state index is 9.35. The first-order valence-corrected chi connectivity index (χ1v) is 5.80. The number of aliphatic hydroxyl groups is 1. The summed E-state index contributed by atoms with van der Waals surface area (Å²) in [5.41, 5.74) is 1.08. The Kier molecular flexibility index (Phi) is 5.29. The first-order valence-electron chi connectivity index (χ1n) is 5.80. The Morgan fingerprint density at radius 3 is 2.69 bits per heavy atom. The molecular weight excluding hydrogens is 202 g/mol. The van der Waals surface area contributed by atoms with E-state index in [2.05, 4.69) is 12.2 Å². The molecule has 2 unspecified atom stereocenters. The Morgan fingerprint density at radius 2 is 2.06 bits per heavy atom. The van der Waals surface area contributed by atoms with Gasteiger partial charge in [0.1, 0.15) is 5.75 Å². The van der Waals surface area contributed by atoms with Crippen molar-refractivity contribution in [1.82, 2.24) is 5.32 Å². The Bertz CT molecular complexity index is 313. The van der Waals surface area contributed by atoms with Crippen molar-refractivity contribution >= 4 is 0 Å². The molecule has 3 nitrogen and oxygen atoms in total. The minimum Gasteiger partial charge on any atom is -0.508 e. The lowest BCUT2D eigenvalue weighted by Crippen LogP contribution is -2.20. The molecule has 0 saturated carbocycles. The van der Waals surface area contributed by atoms with Gasteiger partial charge < -0.3 is 15.5 Å². The molecule has 0 radical (unpaired) electrons. The minimum atomic E-state index is -0.224. The van der Waals surface area contributed by atoms with Gasteiger partial charge >= 0.3 is 0 Å². The molecule has 3 heteroatoms. The van der Waals surface area contributed by atoms with Crippen molar-refractivity contribution in [2.24, 2.45) is 0 Å². The molecule has 1 aromatic carbocycles. The smallest absolute Gasteiger partial charge is 0.115 e. The third-order valence-corrected chi connectivity index (χ3v) is 2.62. The van der Waals surface area contributed by atoms with Gasteiger partial charge in [0.25, 0.3) is 0 Å². The molecule has 0 aliphatic heterocycles. The van der Waals surface area contributed by atoms with E-state index in [0.29, 0.717) is 5.75 Å². The zero-order valence-electron chi connectivity index (χ0n) is 9.98. The normalized spacial score (nSPS) is 14.7. The zero-order chi connectivity index (χ0) is 12.0. The number of rotatable bonds is 6. The molecule has 0 saturated heterocycles. The predicted octanol–water partition coefficient (Wildman–Crippen LogP) is 2.20. The lowest BCUT2D eigenvalue weighted by atomic mass is 10.1.